The van der Waals surface area contributed by atoms with E-state index in [1.165, 1.54) is 36.7 Å². The molecule has 0 aromatic heterocycles. The molecule has 0 spiro atoms. The van der Waals surface area contributed by atoms with Crippen molar-refractivity contribution in [2.45, 2.75) is 57.2 Å². The van der Waals surface area contributed by atoms with Gasteiger partial charge < -0.3 is 10.6 Å². The Morgan fingerprint density at radius 3 is 2.36 bits per heavy atom. The highest BCUT2D eigenvalue weighted by Gasteiger charge is 2.35. The lowest BCUT2D eigenvalue weighted by Gasteiger charge is -2.31. The van der Waals surface area contributed by atoms with Crippen LogP contribution in [0.3, 0.4) is 0 Å². The SMILES string of the molecule is CCCCCCCCCN1C=CC=C(C(N)=O)C1S(=O)(=O)O. The number of unbranched alkanes of at least 4 members (excludes halogenated alkanes) is 6. The van der Waals surface area contributed by atoms with Crippen molar-refractivity contribution in [3.05, 3.63) is 23.9 Å². The first-order valence-corrected chi connectivity index (χ1v) is 9.28. The molecule has 1 unspecified atom stereocenters. The molecule has 0 aromatic carbocycles. The number of nitrogens with two attached hydrogens (primary N) is 1. The molecule has 7 heteroatoms. The first-order valence-electron chi connectivity index (χ1n) is 7.78. The Labute approximate surface area is 132 Å². The lowest BCUT2D eigenvalue weighted by Crippen LogP contribution is -2.44. The van der Waals surface area contributed by atoms with Crippen LogP contribution in [0.1, 0.15) is 51.9 Å². The van der Waals surface area contributed by atoms with Gasteiger partial charge in [0, 0.05) is 12.7 Å². The third-order valence-electron chi connectivity index (χ3n) is 3.71. The monoisotopic (exact) mass is 330 g/mol. The van der Waals surface area contributed by atoms with Gasteiger partial charge >= 0.3 is 0 Å². The Hall–Kier alpha value is -1.34. The molecule has 0 saturated carbocycles. The number of carbonyl (C=O) groups is 1. The maximum Gasteiger partial charge on any atom is 0.290 e. The van der Waals surface area contributed by atoms with Gasteiger partial charge in [0.25, 0.3) is 10.1 Å². The Balaban J connectivity index is 2.53. The average molecular weight is 330 g/mol. The minimum absolute atomic E-state index is 0.104. The second-order valence-electron chi connectivity index (χ2n) is 5.55. The third-order valence-corrected chi connectivity index (χ3v) is 4.80. The number of primary amides is 1. The van der Waals surface area contributed by atoms with Gasteiger partial charge in [-0.25, -0.2) is 0 Å². The third kappa shape index (κ3) is 5.81. The lowest BCUT2D eigenvalue weighted by atomic mass is 10.1. The summed E-state index contributed by atoms with van der Waals surface area (Å²) >= 11 is 0. The van der Waals surface area contributed by atoms with E-state index in [1.54, 1.807) is 12.3 Å². The van der Waals surface area contributed by atoms with Crippen molar-refractivity contribution in [3.8, 4) is 0 Å². The summed E-state index contributed by atoms with van der Waals surface area (Å²) in [4.78, 5) is 12.8. The topological polar surface area (TPSA) is 101 Å². The van der Waals surface area contributed by atoms with Crippen LogP contribution in [0.15, 0.2) is 23.9 Å². The number of carbonyl (C=O) groups excluding carboxylic acids is 1. The number of nitrogens with zero attached hydrogens (tertiary/aromatic N) is 1. The summed E-state index contributed by atoms with van der Waals surface area (Å²) < 4.78 is 32.5. The highest BCUT2D eigenvalue weighted by molar-refractivity contribution is 7.86. The van der Waals surface area contributed by atoms with Crippen LogP contribution in [0.5, 0.6) is 0 Å². The molecule has 22 heavy (non-hydrogen) atoms. The van der Waals surface area contributed by atoms with E-state index in [4.69, 9.17) is 5.73 Å². The Morgan fingerprint density at radius 2 is 1.82 bits per heavy atom. The molecule has 6 nitrogen and oxygen atoms in total. The van der Waals surface area contributed by atoms with Gasteiger partial charge in [-0.05, 0) is 18.6 Å². The van der Waals surface area contributed by atoms with E-state index in [0.717, 1.165) is 19.3 Å². The Bertz CT molecular complexity index is 526. The smallest absolute Gasteiger partial charge is 0.290 e. The summed E-state index contributed by atoms with van der Waals surface area (Å²) in [7, 11) is -4.42. The van der Waals surface area contributed by atoms with Gasteiger partial charge in [-0.3, -0.25) is 9.35 Å². The van der Waals surface area contributed by atoms with Gasteiger partial charge in [-0.15, -0.1) is 0 Å². The van der Waals surface area contributed by atoms with E-state index in [-0.39, 0.29) is 5.57 Å². The minimum atomic E-state index is -4.42. The van der Waals surface area contributed by atoms with E-state index >= 15 is 0 Å². The van der Waals surface area contributed by atoms with E-state index in [0.29, 0.717) is 6.54 Å². The van der Waals surface area contributed by atoms with Gasteiger partial charge in [0.05, 0.1) is 5.57 Å². The molecule has 1 rings (SSSR count). The van der Waals surface area contributed by atoms with Crippen molar-refractivity contribution >= 4 is 16.0 Å². The molecule has 1 aliphatic rings. The fourth-order valence-electron chi connectivity index (χ4n) is 2.58. The number of amides is 1. The molecule has 1 amide bonds. The van der Waals surface area contributed by atoms with E-state index in [1.807, 2.05) is 0 Å². The van der Waals surface area contributed by atoms with Gasteiger partial charge in [0.15, 0.2) is 5.37 Å². The van der Waals surface area contributed by atoms with Crippen LogP contribution in [0.25, 0.3) is 0 Å². The zero-order valence-corrected chi connectivity index (χ0v) is 13.9. The van der Waals surface area contributed by atoms with Crippen LogP contribution in [0, 0.1) is 0 Å². The summed E-state index contributed by atoms with van der Waals surface area (Å²) in [5.41, 5.74) is 5.09. The van der Waals surface area contributed by atoms with Crippen molar-refractivity contribution in [1.82, 2.24) is 4.90 Å². The second kappa shape index (κ2) is 8.95. The molecule has 0 radical (unpaired) electrons. The maximum atomic E-state index is 11.6. The number of allylic oxidation sites excluding steroid dienone is 2. The standard InChI is InChI=1S/C15H26N2O4S/c1-2-3-4-5-6-7-8-11-17-12-9-10-13(14(16)18)15(17)22(19,20)21/h9-10,12,15H,2-8,11H2,1H3,(H2,16,18)(H,19,20,21). The molecule has 0 fully saturated rings. The lowest BCUT2D eigenvalue weighted by molar-refractivity contribution is -0.115. The van der Waals surface area contributed by atoms with Gasteiger partial charge in [-0.1, -0.05) is 45.4 Å². The zero-order valence-electron chi connectivity index (χ0n) is 13.1. The van der Waals surface area contributed by atoms with Gasteiger partial charge in [-0.2, -0.15) is 8.42 Å². The van der Waals surface area contributed by atoms with Crippen LogP contribution in [-0.4, -0.2) is 35.7 Å². The predicted molar refractivity (Wildman–Crippen MR) is 86.5 cm³/mol. The second-order valence-corrected chi connectivity index (χ2v) is 7.03. The largest absolute Gasteiger partial charge is 0.366 e. The molecule has 1 aliphatic heterocycles. The molecule has 0 saturated heterocycles. The van der Waals surface area contributed by atoms with Crippen LogP contribution < -0.4 is 5.73 Å². The van der Waals surface area contributed by atoms with Gasteiger partial charge in [0.1, 0.15) is 0 Å². The number of hydrogen-bond acceptors (Lipinski definition) is 4. The predicted octanol–water partition coefficient (Wildman–Crippen LogP) is 2.19. The van der Waals surface area contributed by atoms with Crippen LogP contribution in [-0.2, 0) is 14.9 Å². The molecule has 0 bridgehead atoms. The zero-order chi connectivity index (χ0) is 16.6. The molecule has 126 valence electrons. The van der Waals surface area contributed by atoms with Crippen molar-refractivity contribution < 1.29 is 17.8 Å². The van der Waals surface area contributed by atoms with E-state index in [9.17, 15) is 17.8 Å². The quantitative estimate of drug-likeness (QED) is 0.472. The van der Waals surface area contributed by atoms with Crippen molar-refractivity contribution in [1.29, 1.82) is 0 Å². The molecule has 1 heterocycles. The average Bonchev–Trinajstić information content (AvgIpc) is 2.44. The molecule has 0 aliphatic carbocycles. The van der Waals surface area contributed by atoms with Crippen LogP contribution >= 0.6 is 0 Å². The fourth-order valence-corrected chi connectivity index (χ4v) is 3.61. The van der Waals surface area contributed by atoms with E-state index in [2.05, 4.69) is 6.92 Å². The summed E-state index contributed by atoms with van der Waals surface area (Å²) in [5.74, 6) is -0.837. The van der Waals surface area contributed by atoms with Gasteiger partial charge in [0.2, 0.25) is 5.91 Å². The Kier molecular flexibility index (Phi) is 7.61. The summed E-state index contributed by atoms with van der Waals surface area (Å²) in [6, 6.07) is 0. The highest BCUT2D eigenvalue weighted by Crippen LogP contribution is 2.22. The van der Waals surface area contributed by atoms with Crippen LogP contribution in [0.2, 0.25) is 0 Å². The first-order chi connectivity index (χ1) is 10.4. The van der Waals surface area contributed by atoms with Crippen LogP contribution in [0.4, 0.5) is 0 Å². The molecule has 0 aromatic rings. The molecular formula is C15H26N2O4S. The first kappa shape index (κ1) is 18.7. The van der Waals surface area contributed by atoms with Crippen molar-refractivity contribution in [2.75, 3.05) is 6.54 Å². The maximum absolute atomic E-state index is 11.6. The summed E-state index contributed by atoms with van der Waals surface area (Å²) in [6.07, 6.45) is 12.2. The highest BCUT2D eigenvalue weighted by atomic mass is 32.2. The summed E-state index contributed by atoms with van der Waals surface area (Å²) in [6.45, 7) is 2.63. The fraction of sp³-hybridized carbons (Fsp3) is 0.667. The minimum Gasteiger partial charge on any atom is -0.366 e. The molecular weight excluding hydrogens is 304 g/mol. The Morgan fingerprint density at radius 1 is 1.23 bits per heavy atom. The molecule has 1 atom stereocenters. The van der Waals surface area contributed by atoms with Crippen molar-refractivity contribution in [3.63, 3.8) is 0 Å². The number of hydrogen-bond donors (Lipinski definition) is 2. The van der Waals surface area contributed by atoms with Crippen molar-refractivity contribution in [2.24, 2.45) is 5.73 Å². The van der Waals surface area contributed by atoms with E-state index < -0.39 is 21.4 Å². The number of rotatable bonds is 10. The molecule has 3 N–H and O–H groups in total. The summed E-state index contributed by atoms with van der Waals surface area (Å²) in [5, 5.41) is -1.39. The normalized spacial score (nSPS) is 18.4.